The lowest BCUT2D eigenvalue weighted by Crippen LogP contribution is -2.35. The number of nitrogens with zero attached hydrogens (tertiary/aromatic N) is 3. The molecule has 1 aromatic carbocycles. The molecule has 7 nitrogen and oxygen atoms in total. The fraction of sp³-hybridized carbons (Fsp3) is 0.444. The Morgan fingerprint density at radius 3 is 2.32 bits per heavy atom. The van der Waals surface area contributed by atoms with E-state index in [-0.39, 0.29) is 23.1 Å². The predicted octanol–water partition coefficient (Wildman–Crippen LogP) is 1.69. The van der Waals surface area contributed by atoms with Gasteiger partial charge in [0.25, 0.3) is 11.5 Å². The Labute approximate surface area is 146 Å². The quantitative estimate of drug-likeness (QED) is 0.770. The van der Waals surface area contributed by atoms with Crippen molar-refractivity contribution < 1.29 is 14.3 Å². The summed E-state index contributed by atoms with van der Waals surface area (Å²) in [4.78, 5) is 38.4. The molecule has 134 valence electrons. The summed E-state index contributed by atoms with van der Waals surface area (Å²) in [6.07, 6.45) is -0.937. The molecule has 2 aromatic rings. The van der Waals surface area contributed by atoms with Crippen LogP contribution in [0.15, 0.2) is 29.1 Å². The van der Waals surface area contributed by atoms with E-state index in [1.807, 2.05) is 13.8 Å². The second-order valence-electron chi connectivity index (χ2n) is 6.56. The van der Waals surface area contributed by atoms with Crippen LogP contribution in [0.4, 0.5) is 0 Å². The fourth-order valence-corrected chi connectivity index (χ4v) is 2.49. The van der Waals surface area contributed by atoms with Crippen LogP contribution in [-0.2, 0) is 16.1 Å². The summed E-state index contributed by atoms with van der Waals surface area (Å²) in [5.41, 5.74) is -0.215. The fourth-order valence-electron chi connectivity index (χ4n) is 2.49. The number of hydrogen-bond donors (Lipinski definition) is 0. The first-order valence-corrected chi connectivity index (χ1v) is 8.14. The molecule has 0 fully saturated rings. The van der Waals surface area contributed by atoms with Gasteiger partial charge < -0.3 is 9.64 Å². The van der Waals surface area contributed by atoms with E-state index in [2.05, 4.69) is 5.10 Å². The van der Waals surface area contributed by atoms with Crippen molar-refractivity contribution in [2.45, 2.75) is 33.4 Å². The van der Waals surface area contributed by atoms with Crippen molar-refractivity contribution in [2.24, 2.45) is 5.92 Å². The molecule has 2 rings (SSSR count). The van der Waals surface area contributed by atoms with Crippen molar-refractivity contribution in [1.29, 1.82) is 0 Å². The lowest BCUT2D eigenvalue weighted by Gasteiger charge is -2.18. The van der Waals surface area contributed by atoms with Crippen LogP contribution in [0.1, 0.15) is 31.3 Å². The number of esters is 1. The maximum atomic E-state index is 12.6. The summed E-state index contributed by atoms with van der Waals surface area (Å²) in [6.45, 7) is 5.81. The molecular weight excluding hydrogens is 322 g/mol. The standard InChI is InChI=1S/C18H23N3O4/c1-11(2)10-21-17(23)14-9-7-6-8-13(14)15(19-21)18(24)25-12(3)16(22)20(4)5/h6-9,11-12H,10H2,1-5H3/t12-/m1/s1. The third-order valence-corrected chi connectivity index (χ3v) is 3.67. The highest BCUT2D eigenvalue weighted by Gasteiger charge is 2.24. The van der Waals surface area contributed by atoms with Gasteiger partial charge in [-0.2, -0.15) is 5.10 Å². The molecule has 0 saturated heterocycles. The number of benzene rings is 1. The number of carbonyl (C=O) groups excluding carboxylic acids is 2. The summed E-state index contributed by atoms with van der Waals surface area (Å²) in [5, 5.41) is 5.02. The van der Waals surface area contributed by atoms with Crippen molar-refractivity contribution >= 4 is 22.6 Å². The number of hydrogen-bond acceptors (Lipinski definition) is 5. The van der Waals surface area contributed by atoms with E-state index in [1.165, 1.54) is 16.5 Å². The van der Waals surface area contributed by atoms with Crippen molar-refractivity contribution in [1.82, 2.24) is 14.7 Å². The normalized spacial score (nSPS) is 12.2. The minimum atomic E-state index is -0.937. The number of rotatable bonds is 5. The van der Waals surface area contributed by atoms with E-state index in [0.29, 0.717) is 17.3 Å². The van der Waals surface area contributed by atoms with Crippen molar-refractivity contribution in [3.63, 3.8) is 0 Å². The highest BCUT2D eigenvalue weighted by Crippen LogP contribution is 2.15. The van der Waals surface area contributed by atoms with Gasteiger partial charge in [0.1, 0.15) is 0 Å². The summed E-state index contributed by atoms with van der Waals surface area (Å²) in [5.74, 6) is -0.867. The van der Waals surface area contributed by atoms with Crippen molar-refractivity contribution in [3.05, 3.63) is 40.3 Å². The Bertz CT molecular complexity index is 855. The number of aromatic nitrogens is 2. The first kappa shape index (κ1) is 18.6. The monoisotopic (exact) mass is 345 g/mol. The highest BCUT2D eigenvalue weighted by atomic mass is 16.5. The van der Waals surface area contributed by atoms with Crippen LogP contribution < -0.4 is 5.56 Å². The molecular formula is C18H23N3O4. The van der Waals surface area contributed by atoms with Gasteiger partial charge in [0.05, 0.1) is 5.39 Å². The molecule has 0 radical (unpaired) electrons. The van der Waals surface area contributed by atoms with Gasteiger partial charge >= 0.3 is 5.97 Å². The van der Waals surface area contributed by atoms with Crippen LogP contribution in [0, 0.1) is 5.92 Å². The van der Waals surface area contributed by atoms with E-state index < -0.39 is 12.1 Å². The Morgan fingerprint density at radius 1 is 1.16 bits per heavy atom. The van der Waals surface area contributed by atoms with Gasteiger partial charge in [-0.1, -0.05) is 32.0 Å². The van der Waals surface area contributed by atoms with E-state index >= 15 is 0 Å². The molecule has 25 heavy (non-hydrogen) atoms. The Balaban J connectivity index is 2.49. The minimum absolute atomic E-state index is 0.0363. The molecule has 1 aromatic heterocycles. The zero-order valence-electron chi connectivity index (χ0n) is 15.1. The van der Waals surface area contributed by atoms with Crippen LogP contribution in [0.2, 0.25) is 0 Å². The molecule has 0 N–H and O–H groups in total. The maximum absolute atomic E-state index is 12.6. The van der Waals surface area contributed by atoms with Crippen LogP contribution in [-0.4, -0.2) is 46.8 Å². The third-order valence-electron chi connectivity index (χ3n) is 3.67. The Hall–Kier alpha value is -2.70. The van der Waals surface area contributed by atoms with Crippen LogP contribution >= 0.6 is 0 Å². The molecule has 0 unspecified atom stereocenters. The van der Waals surface area contributed by atoms with E-state index in [4.69, 9.17) is 4.74 Å². The number of fused-ring (bicyclic) bond motifs is 1. The zero-order chi connectivity index (χ0) is 18.7. The van der Waals surface area contributed by atoms with Gasteiger partial charge in [-0.15, -0.1) is 0 Å². The maximum Gasteiger partial charge on any atom is 0.360 e. The lowest BCUT2D eigenvalue weighted by atomic mass is 10.1. The molecule has 7 heteroatoms. The number of ether oxygens (including phenoxy) is 1. The van der Waals surface area contributed by atoms with Crippen molar-refractivity contribution in [3.8, 4) is 0 Å². The molecule has 0 aliphatic carbocycles. The molecule has 1 amide bonds. The average Bonchev–Trinajstić information content (AvgIpc) is 2.56. The van der Waals surface area contributed by atoms with Gasteiger partial charge in [-0.05, 0) is 18.9 Å². The molecule has 1 heterocycles. The van der Waals surface area contributed by atoms with E-state index in [9.17, 15) is 14.4 Å². The Morgan fingerprint density at radius 2 is 1.76 bits per heavy atom. The van der Waals surface area contributed by atoms with E-state index in [0.717, 1.165) is 0 Å². The smallest absolute Gasteiger partial charge is 0.360 e. The summed E-state index contributed by atoms with van der Waals surface area (Å²) in [6, 6.07) is 6.76. The topological polar surface area (TPSA) is 81.5 Å². The molecule has 0 aliphatic rings. The molecule has 0 aliphatic heterocycles. The SMILES string of the molecule is CC(C)Cn1nc(C(=O)O[C@H](C)C(=O)N(C)C)c2ccccc2c1=O. The number of amides is 1. The average molecular weight is 345 g/mol. The minimum Gasteiger partial charge on any atom is -0.448 e. The summed E-state index contributed by atoms with van der Waals surface area (Å²) in [7, 11) is 3.17. The summed E-state index contributed by atoms with van der Waals surface area (Å²) >= 11 is 0. The molecule has 0 bridgehead atoms. The van der Waals surface area contributed by atoms with E-state index in [1.54, 1.807) is 38.4 Å². The van der Waals surface area contributed by atoms with Crippen molar-refractivity contribution in [2.75, 3.05) is 14.1 Å². The first-order valence-electron chi connectivity index (χ1n) is 8.14. The van der Waals surface area contributed by atoms with Crippen LogP contribution in [0.3, 0.4) is 0 Å². The Kier molecular flexibility index (Phi) is 5.56. The second-order valence-corrected chi connectivity index (χ2v) is 6.56. The molecule has 0 saturated carbocycles. The van der Waals surface area contributed by atoms with Gasteiger partial charge in [0, 0.05) is 26.0 Å². The van der Waals surface area contributed by atoms with Gasteiger partial charge in [0.15, 0.2) is 11.8 Å². The number of likely N-dealkylation sites (N-methyl/N-ethyl adjacent to an activating group) is 1. The summed E-state index contributed by atoms with van der Waals surface area (Å²) < 4.78 is 6.54. The number of carbonyl (C=O) groups is 2. The third kappa shape index (κ3) is 4.04. The molecule has 0 spiro atoms. The lowest BCUT2D eigenvalue weighted by molar-refractivity contribution is -0.137. The van der Waals surface area contributed by atoms with Gasteiger partial charge in [0.2, 0.25) is 0 Å². The second kappa shape index (κ2) is 7.46. The zero-order valence-corrected chi connectivity index (χ0v) is 15.1. The van der Waals surface area contributed by atoms with Crippen LogP contribution in [0.5, 0.6) is 0 Å². The molecule has 1 atom stereocenters. The highest BCUT2D eigenvalue weighted by molar-refractivity contribution is 6.02. The van der Waals surface area contributed by atoms with Gasteiger partial charge in [-0.3, -0.25) is 9.59 Å². The predicted molar refractivity (Wildman–Crippen MR) is 94.4 cm³/mol. The van der Waals surface area contributed by atoms with Gasteiger partial charge in [-0.25, -0.2) is 9.48 Å². The van der Waals surface area contributed by atoms with Crippen LogP contribution in [0.25, 0.3) is 10.8 Å². The largest absolute Gasteiger partial charge is 0.448 e. The first-order chi connectivity index (χ1) is 11.7.